The highest BCUT2D eigenvalue weighted by Crippen LogP contribution is 2.32. The van der Waals surface area contributed by atoms with Gasteiger partial charge < -0.3 is 14.2 Å². The van der Waals surface area contributed by atoms with Crippen molar-refractivity contribution in [2.75, 3.05) is 6.79 Å². The first-order chi connectivity index (χ1) is 11.8. The van der Waals surface area contributed by atoms with Crippen LogP contribution in [0.3, 0.4) is 0 Å². The molecule has 0 saturated carbocycles. The van der Waals surface area contributed by atoms with Crippen LogP contribution in [0.5, 0.6) is 11.5 Å². The molecule has 120 valence electrons. The van der Waals surface area contributed by atoms with Gasteiger partial charge in [0.2, 0.25) is 6.79 Å². The SMILES string of the molecule is O=C(OCc1ccc2c(c1)OCO2)c1ccc(-n2cnnn2)cc1. The van der Waals surface area contributed by atoms with E-state index < -0.39 is 5.97 Å². The predicted octanol–water partition coefficient (Wildman–Crippen LogP) is 1.75. The third-order valence-electron chi connectivity index (χ3n) is 3.52. The lowest BCUT2D eigenvalue weighted by molar-refractivity contribution is 0.0472. The molecule has 1 aliphatic heterocycles. The van der Waals surface area contributed by atoms with Crippen molar-refractivity contribution in [3.05, 3.63) is 59.9 Å². The Labute approximate surface area is 136 Å². The number of aromatic nitrogens is 4. The number of hydrogen-bond donors (Lipinski definition) is 0. The van der Waals surface area contributed by atoms with Gasteiger partial charge in [-0.15, -0.1) is 5.10 Å². The number of fused-ring (bicyclic) bond motifs is 1. The van der Waals surface area contributed by atoms with E-state index in [4.69, 9.17) is 14.2 Å². The Morgan fingerprint density at radius 3 is 2.75 bits per heavy atom. The molecule has 0 saturated heterocycles. The largest absolute Gasteiger partial charge is 0.457 e. The van der Waals surface area contributed by atoms with E-state index in [1.807, 2.05) is 6.07 Å². The molecule has 4 rings (SSSR count). The van der Waals surface area contributed by atoms with E-state index in [1.54, 1.807) is 36.4 Å². The first kappa shape index (κ1) is 14.2. The van der Waals surface area contributed by atoms with Crippen LogP contribution >= 0.6 is 0 Å². The summed E-state index contributed by atoms with van der Waals surface area (Å²) in [6.45, 7) is 0.371. The summed E-state index contributed by atoms with van der Waals surface area (Å²) in [5, 5.41) is 10.9. The first-order valence-corrected chi connectivity index (χ1v) is 7.19. The third-order valence-corrected chi connectivity index (χ3v) is 3.52. The molecule has 1 aromatic heterocycles. The number of rotatable bonds is 4. The lowest BCUT2D eigenvalue weighted by Gasteiger charge is -2.06. The molecule has 0 radical (unpaired) electrons. The van der Waals surface area contributed by atoms with E-state index in [0.29, 0.717) is 17.1 Å². The minimum absolute atomic E-state index is 0.157. The first-order valence-electron chi connectivity index (χ1n) is 7.19. The van der Waals surface area contributed by atoms with Crippen molar-refractivity contribution in [2.45, 2.75) is 6.61 Å². The van der Waals surface area contributed by atoms with E-state index in [2.05, 4.69) is 15.5 Å². The molecule has 0 fully saturated rings. The van der Waals surface area contributed by atoms with Crippen LogP contribution in [-0.2, 0) is 11.3 Å². The quantitative estimate of drug-likeness (QED) is 0.675. The van der Waals surface area contributed by atoms with Crippen molar-refractivity contribution in [1.82, 2.24) is 20.2 Å². The summed E-state index contributed by atoms with van der Waals surface area (Å²) in [4.78, 5) is 12.1. The van der Waals surface area contributed by atoms with E-state index in [9.17, 15) is 4.79 Å². The highest BCUT2D eigenvalue weighted by atomic mass is 16.7. The number of hydrogen-bond acceptors (Lipinski definition) is 7. The zero-order valence-electron chi connectivity index (χ0n) is 12.5. The van der Waals surface area contributed by atoms with Gasteiger partial charge in [0, 0.05) is 0 Å². The molecule has 0 bridgehead atoms. The van der Waals surface area contributed by atoms with Gasteiger partial charge in [0.25, 0.3) is 0 Å². The number of carbonyl (C=O) groups excluding carboxylic acids is 1. The molecule has 0 aliphatic carbocycles. The Hall–Kier alpha value is -3.42. The van der Waals surface area contributed by atoms with Crippen LogP contribution < -0.4 is 9.47 Å². The van der Waals surface area contributed by atoms with Gasteiger partial charge >= 0.3 is 5.97 Å². The zero-order valence-corrected chi connectivity index (χ0v) is 12.5. The highest BCUT2D eigenvalue weighted by molar-refractivity contribution is 5.89. The topological polar surface area (TPSA) is 88.4 Å². The molecule has 1 aliphatic rings. The van der Waals surface area contributed by atoms with Crippen molar-refractivity contribution in [3.63, 3.8) is 0 Å². The second kappa shape index (κ2) is 5.99. The molecule has 3 aromatic rings. The normalized spacial score (nSPS) is 12.2. The van der Waals surface area contributed by atoms with Crippen LogP contribution in [-0.4, -0.2) is 33.0 Å². The Balaban J connectivity index is 1.41. The minimum Gasteiger partial charge on any atom is -0.457 e. The van der Waals surface area contributed by atoms with Crippen molar-refractivity contribution >= 4 is 5.97 Å². The Bertz CT molecular complexity index is 862. The van der Waals surface area contributed by atoms with Crippen LogP contribution in [0.4, 0.5) is 0 Å². The van der Waals surface area contributed by atoms with Gasteiger partial charge in [-0.2, -0.15) is 0 Å². The second-order valence-corrected chi connectivity index (χ2v) is 5.07. The van der Waals surface area contributed by atoms with Gasteiger partial charge in [-0.25, -0.2) is 9.48 Å². The summed E-state index contributed by atoms with van der Waals surface area (Å²) in [5.74, 6) is 0.952. The van der Waals surface area contributed by atoms with E-state index in [0.717, 1.165) is 11.3 Å². The fraction of sp³-hybridized carbons (Fsp3) is 0.125. The highest BCUT2D eigenvalue weighted by Gasteiger charge is 2.14. The number of tetrazole rings is 1. The maximum absolute atomic E-state index is 12.1. The lowest BCUT2D eigenvalue weighted by Crippen LogP contribution is -2.05. The van der Waals surface area contributed by atoms with Crippen LogP contribution in [0.25, 0.3) is 5.69 Å². The van der Waals surface area contributed by atoms with Gasteiger partial charge in [0.15, 0.2) is 11.5 Å². The van der Waals surface area contributed by atoms with E-state index in [1.165, 1.54) is 11.0 Å². The Morgan fingerprint density at radius 2 is 1.96 bits per heavy atom. The lowest BCUT2D eigenvalue weighted by atomic mass is 10.2. The van der Waals surface area contributed by atoms with E-state index >= 15 is 0 Å². The van der Waals surface area contributed by atoms with Crippen molar-refractivity contribution in [2.24, 2.45) is 0 Å². The fourth-order valence-electron chi connectivity index (χ4n) is 2.29. The van der Waals surface area contributed by atoms with Crippen molar-refractivity contribution < 1.29 is 19.0 Å². The monoisotopic (exact) mass is 324 g/mol. The third kappa shape index (κ3) is 2.76. The fourth-order valence-corrected chi connectivity index (χ4v) is 2.29. The standard InChI is InChI=1S/C16H12N4O4/c21-16(12-2-4-13(5-3-12)20-9-17-18-19-20)22-8-11-1-6-14-15(7-11)24-10-23-14/h1-7,9H,8,10H2. The number of esters is 1. The number of ether oxygens (including phenoxy) is 3. The number of carbonyl (C=O) groups is 1. The molecule has 2 heterocycles. The van der Waals surface area contributed by atoms with Crippen molar-refractivity contribution in [1.29, 1.82) is 0 Å². The summed E-state index contributed by atoms with van der Waals surface area (Å²) >= 11 is 0. The average Bonchev–Trinajstić information content (AvgIpc) is 3.31. The second-order valence-electron chi connectivity index (χ2n) is 5.07. The summed E-state index contributed by atoms with van der Waals surface area (Å²) in [6.07, 6.45) is 1.48. The molecule has 0 N–H and O–H groups in total. The molecular weight excluding hydrogens is 312 g/mol. The number of benzene rings is 2. The van der Waals surface area contributed by atoms with Crippen LogP contribution in [0.1, 0.15) is 15.9 Å². The van der Waals surface area contributed by atoms with Crippen molar-refractivity contribution in [3.8, 4) is 17.2 Å². The summed E-state index contributed by atoms with van der Waals surface area (Å²) in [6, 6.07) is 12.3. The van der Waals surface area contributed by atoms with Gasteiger partial charge in [0.05, 0.1) is 11.3 Å². The van der Waals surface area contributed by atoms with Crippen LogP contribution in [0.15, 0.2) is 48.8 Å². The molecule has 2 aromatic carbocycles. The molecule has 0 atom stereocenters. The molecular formula is C16H12N4O4. The maximum atomic E-state index is 12.1. The molecule has 0 amide bonds. The smallest absolute Gasteiger partial charge is 0.338 e. The Kier molecular flexibility index (Phi) is 3.54. The maximum Gasteiger partial charge on any atom is 0.338 e. The molecule has 0 spiro atoms. The summed E-state index contributed by atoms with van der Waals surface area (Å²) in [7, 11) is 0. The molecule has 24 heavy (non-hydrogen) atoms. The summed E-state index contributed by atoms with van der Waals surface area (Å²) in [5.41, 5.74) is 2.04. The van der Waals surface area contributed by atoms with Crippen LogP contribution in [0.2, 0.25) is 0 Å². The molecule has 0 unspecified atom stereocenters. The predicted molar refractivity (Wildman–Crippen MR) is 80.8 cm³/mol. The van der Waals surface area contributed by atoms with E-state index in [-0.39, 0.29) is 13.4 Å². The zero-order chi connectivity index (χ0) is 16.4. The minimum atomic E-state index is -0.407. The molecule has 8 heteroatoms. The van der Waals surface area contributed by atoms with Gasteiger partial charge in [-0.05, 0) is 52.4 Å². The average molecular weight is 324 g/mol. The molecule has 8 nitrogen and oxygen atoms in total. The number of nitrogens with zero attached hydrogens (tertiary/aromatic N) is 4. The van der Waals surface area contributed by atoms with Gasteiger partial charge in [-0.1, -0.05) is 6.07 Å². The van der Waals surface area contributed by atoms with Crippen LogP contribution in [0, 0.1) is 0 Å². The summed E-state index contributed by atoms with van der Waals surface area (Å²) < 4.78 is 17.4. The Morgan fingerprint density at radius 1 is 1.12 bits per heavy atom. The van der Waals surface area contributed by atoms with Gasteiger partial charge in [0.1, 0.15) is 12.9 Å². The van der Waals surface area contributed by atoms with Gasteiger partial charge in [-0.3, -0.25) is 0 Å².